The van der Waals surface area contributed by atoms with Crippen LogP contribution in [0.15, 0.2) is 53.7 Å². The van der Waals surface area contributed by atoms with Crippen LogP contribution in [0, 0.1) is 17.7 Å². The highest BCUT2D eigenvalue weighted by molar-refractivity contribution is 5.92. The van der Waals surface area contributed by atoms with Gasteiger partial charge in [-0.2, -0.15) is 0 Å². The van der Waals surface area contributed by atoms with Gasteiger partial charge >= 0.3 is 6.09 Å². The summed E-state index contributed by atoms with van der Waals surface area (Å²) in [5.41, 5.74) is 1.11. The molecule has 3 aromatic rings. The van der Waals surface area contributed by atoms with Crippen molar-refractivity contribution in [2.45, 2.75) is 39.8 Å². The Balaban J connectivity index is 1.83. The monoisotopic (exact) mass is 568 g/mol. The molecule has 11 nitrogen and oxygen atoms in total. The first-order valence-corrected chi connectivity index (χ1v) is 13.3. The molecule has 2 heterocycles. The SMILES string of the molecule is CC(C)Cn1c(Cn2cncc(NC(=O)[C@@H](CC/C=C/C(=O)N(C)C)CN(C)C(=O)O)c2=O)cc2cc(F)ccc21. The van der Waals surface area contributed by atoms with Gasteiger partial charge in [-0.05, 0) is 49.1 Å². The second-order valence-corrected chi connectivity index (χ2v) is 10.6. The first-order valence-electron chi connectivity index (χ1n) is 13.3. The van der Waals surface area contributed by atoms with Crippen LogP contribution >= 0.6 is 0 Å². The van der Waals surface area contributed by atoms with E-state index >= 15 is 0 Å². The lowest BCUT2D eigenvalue weighted by Crippen LogP contribution is -2.37. The number of anilines is 1. The van der Waals surface area contributed by atoms with E-state index < -0.39 is 23.5 Å². The Morgan fingerprint density at radius 2 is 1.90 bits per heavy atom. The number of halogens is 1. The van der Waals surface area contributed by atoms with Crippen molar-refractivity contribution in [2.24, 2.45) is 11.8 Å². The number of amides is 3. The number of carbonyl (C=O) groups is 3. The van der Waals surface area contributed by atoms with E-state index in [1.807, 2.05) is 10.6 Å². The molecule has 0 radical (unpaired) electrons. The van der Waals surface area contributed by atoms with E-state index in [-0.39, 0.29) is 36.9 Å². The fourth-order valence-electron chi connectivity index (χ4n) is 4.41. The summed E-state index contributed by atoms with van der Waals surface area (Å²) in [6, 6.07) is 6.41. The number of carbonyl (C=O) groups excluding carboxylic acids is 2. The quantitative estimate of drug-likeness (QED) is 0.321. The van der Waals surface area contributed by atoms with Gasteiger partial charge in [0.1, 0.15) is 11.5 Å². The minimum absolute atomic E-state index is 0.0450. The van der Waals surface area contributed by atoms with Crippen LogP contribution in [0.4, 0.5) is 14.9 Å². The van der Waals surface area contributed by atoms with Crippen molar-refractivity contribution in [2.75, 3.05) is 33.0 Å². The second-order valence-electron chi connectivity index (χ2n) is 10.6. The summed E-state index contributed by atoms with van der Waals surface area (Å²) in [5, 5.41) is 12.7. The highest BCUT2D eigenvalue weighted by Crippen LogP contribution is 2.23. The Labute approximate surface area is 237 Å². The molecule has 2 aromatic heterocycles. The molecule has 1 aromatic carbocycles. The largest absolute Gasteiger partial charge is 0.465 e. The van der Waals surface area contributed by atoms with Crippen LogP contribution in [-0.4, -0.2) is 74.6 Å². The predicted molar refractivity (Wildman–Crippen MR) is 154 cm³/mol. The van der Waals surface area contributed by atoms with Crippen molar-refractivity contribution < 1.29 is 23.9 Å². The zero-order chi connectivity index (χ0) is 30.3. The number of hydrogen-bond donors (Lipinski definition) is 2. The van der Waals surface area contributed by atoms with Crippen molar-refractivity contribution in [3.05, 3.63) is 70.8 Å². The second kappa shape index (κ2) is 13.7. The van der Waals surface area contributed by atoms with Crippen LogP contribution in [0.2, 0.25) is 0 Å². The van der Waals surface area contributed by atoms with E-state index in [4.69, 9.17) is 0 Å². The maximum absolute atomic E-state index is 13.9. The normalized spacial score (nSPS) is 12.2. The van der Waals surface area contributed by atoms with Crippen LogP contribution in [0.5, 0.6) is 0 Å². The number of nitrogens with zero attached hydrogens (tertiary/aromatic N) is 5. The summed E-state index contributed by atoms with van der Waals surface area (Å²) >= 11 is 0. The van der Waals surface area contributed by atoms with Gasteiger partial charge in [-0.1, -0.05) is 19.9 Å². The molecule has 12 heteroatoms. The number of benzene rings is 1. The van der Waals surface area contributed by atoms with Gasteiger partial charge < -0.3 is 24.8 Å². The number of rotatable bonds is 12. The Hall–Kier alpha value is -4.48. The van der Waals surface area contributed by atoms with Gasteiger partial charge in [-0.15, -0.1) is 0 Å². The Morgan fingerprint density at radius 1 is 1.17 bits per heavy atom. The van der Waals surface area contributed by atoms with Crippen molar-refractivity contribution in [1.82, 2.24) is 23.9 Å². The first kappa shape index (κ1) is 31.1. The third-order valence-corrected chi connectivity index (χ3v) is 6.56. The molecule has 2 N–H and O–H groups in total. The Kier molecular flexibility index (Phi) is 10.4. The van der Waals surface area contributed by atoms with Gasteiger partial charge in [-0.25, -0.2) is 14.2 Å². The third kappa shape index (κ3) is 8.26. The van der Waals surface area contributed by atoms with Gasteiger partial charge in [0.2, 0.25) is 11.8 Å². The standard InChI is InChI=1S/C29H37FN6O5/c1-19(2)15-36-23(13-21-12-22(30)10-11-25(21)36)17-35-18-31-14-24(28(35)39)32-27(38)20(16-34(5)29(40)41)8-6-7-9-26(37)33(3)4/h7,9-14,18-20H,6,8,15-17H2,1-5H3,(H,32,38)(H,40,41)/b9-7+/t20-/m0/s1. The zero-order valence-electron chi connectivity index (χ0n) is 24.0. The summed E-state index contributed by atoms with van der Waals surface area (Å²) in [5.74, 6) is -1.58. The van der Waals surface area contributed by atoms with Crippen LogP contribution in [-0.2, 0) is 22.7 Å². The van der Waals surface area contributed by atoms with E-state index in [9.17, 15) is 28.7 Å². The van der Waals surface area contributed by atoms with Gasteiger partial charge in [0.15, 0.2) is 0 Å². The third-order valence-electron chi connectivity index (χ3n) is 6.56. The molecule has 0 unspecified atom stereocenters. The fourth-order valence-corrected chi connectivity index (χ4v) is 4.41. The summed E-state index contributed by atoms with van der Waals surface area (Å²) in [7, 11) is 4.59. The minimum Gasteiger partial charge on any atom is -0.465 e. The lowest BCUT2D eigenvalue weighted by Gasteiger charge is -2.21. The van der Waals surface area contributed by atoms with E-state index in [1.54, 1.807) is 26.2 Å². The fraction of sp³-hybridized carbons (Fsp3) is 0.414. The Morgan fingerprint density at radius 3 is 2.56 bits per heavy atom. The summed E-state index contributed by atoms with van der Waals surface area (Å²) < 4.78 is 17.3. The molecule has 41 heavy (non-hydrogen) atoms. The molecule has 0 saturated heterocycles. The molecular formula is C29H37FN6O5. The number of nitrogens with one attached hydrogen (secondary N) is 1. The van der Waals surface area contributed by atoms with Gasteiger partial charge in [-0.3, -0.25) is 19.0 Å². The maximum atomic E-state index is 13.9. The maximum Gasteiger partial charge on any atom is 0.407 e. The predicted octanol–water partition coefficient (Wildman–Crippen LogP) is 3.63. The van der Waals surface area contributed by atoms with E-state index in [0.717, 1.165) is 21.5 Å². The molecular weight excluding hydrogens is 531 g/mol. The minimum atomic E-state index is -1.19. The average Bonchev–Trinajstić information content (AvgIpc) is 3.22. The number of aromatic nitrogens is 3. The highest BCUT2D eigenvalue weighted by atomic mass is 19.1. The first-order chi connectivity index (χ1) is 19.4. The zero-order valence-corrected chi connectivity index (χ0v) is 24.0. The number of likely N-dealkylation sites (N-methyl/N-ethyl adjacent to an activating group) is 1. The molecule has 220 valence electrons. The van der Waals surface area contributed by atoms with Crippen molar-refractivity contribution in [1.29, 1.82) is 0 Å². The molecule has 0 saturated carbocycles. The molecule has 3 amide bonds. The number of allylic oxidation sites excluding steroid dienone is 1. The molecule has 0 fully saturated rings. The molecule has 3 rings (SSSR count). The summed E-state index contributed by atoms with van der Waals surface area (Å²) in [6.45, 7) is 4.84. The van der Waals surface area contributed by atoms with E-state index in [2.05, 4.69) is 24.1 Å². The highest BCUT2D eigenvalue weighted by Gasteiger charge is 2.23. The van der Waals surface area contributed by atoms with Crippen LogP contribution in [0.3, 0.4) is 0 Å². The Bertz CT molecular complexity index is 1490. The van der Waals surface area contributed by atoms with Crippen LogP contribution in [0.25, 0.3) is 10.9 Å². The molecule has 0 aliphatic carbocycles. The van der Waals surface area contributed by atoms with E-state index in [0.29, 0.717) is 18.9 Å². The molecule has 0 aliphatic heterocycles. The van der Waals surface area contributed by atoms with Gasteiger partial charge in [0.25, 0.3) is 5.56 Å². The van der Waals surface area contributed by atoms with Crippen LogP contribution < -0.4 is 10.9 Å². The van der Waals surface area contributed by atoms with Gasteiger partial charge in [0.05, 0.1) is 25.0 Å². The van der Waals surface area contributed by atoms with Crippen molar-refractivity contribution in [3.63, 3.8) is 0 Å². The topological polar surface area (TPSA) is 130 Å². The van der Waals surface area contributed by atoms with Crippen LogP contribution in [0.1, 0.15) is 32.4 Å². The summed E-state index contributed by atoms with van der Waals surface area (Å²) in [6.07, 6.45) is 5.05. The number of fused-ring (bicyclic) bond motifs is 1. The molecule has 0 aliphatic rings. The lowest BCUT2D eigenvalue weighted by atomic mass is 10.0. The smallest absolute Gasteiger partial charge is 0.407 e. The van der Waals surface area contributed by atoms with Crippen molar-refractivity contribution in [3.8, 4) is 0 Å². The number of hydrogen-bond acceptors (Lipinski definition) is 5. The lowest BCUT2D eigenvalue weighted by molar-refractivity contribution is -0.123. The van der Waals surface area contributed by atoms with E-state index in [1.165, 1.54) is 47.2 Å². The molecule has 0 spiro atoms. The van der Waals surface area contributed by atoms with Gasteiger partial charge in [0, 0.05) is 50.8 Å². The summed E-state index contributed by atoms with van der Waals surface area (Å²) in [4.78, 5) is 56.3. The number of carboxylic acid groups (broad SMARTS) is 1. The molecule has 1 atom stereocenters. The molecule has 0 bridgehead atoms. The average molecular weight is 569 g/mol. The van der Waals surface area contributed by atoms with Crippen molar-refractivity contribution >= 4 is 34.5 Å².